The van der Waals surface area contributed by atoms with Crippen molar-refractivity contribution in [1.82, 2.24) is 15.0 Å². The summed E-state index contributed by atoms with van der Waals surface area (Å²) in [5, 5.41) is 0. The Morgan fingerprint density at radius 1 is 1.25 bits per heavy atom. The molecule has 0 aromatic carbocycles. The molecule has 0 aliphatic carbocycles. The molecule has 2 rings (SSSR count). The van der Waals surface area contributed by atoms with Crippen LogP contribution in [0.25, 0.3) is 11.5 Å². The Kier molecular flexibility index (Phi) is 2.92. The van der Waals surface area contributed by atoms with Crippen LogP contribution in [-0.4, -0.2) is 15.0 Å². The molecule has 4 nitrogen and oxygen atoms in total. The second kappa shape index (κ2) is 4.37. The van der Waals surface area contributed by atoms with Crippen molar-refractivity contribution in [1.29, 1.82) is 0 Å². The lowest BCUT2D eigenvalue weighted by Crippen LogP contribution is -2.04. The molecular formula is C12H14N4. The van der Waals surface area contributed by atoms with Crippen LogP contribution in [0.2, 0.25) is 0 Å². The lowest BCUT2D eigenvalue weighted by Gasteiger charge is -2.05. The summed E-state index contributed by atoms with van der Waals surface area (Å²) in [6.07, 6.45) is 1.75. The molecule has 0 saturated carbocycles. The summed E-state index contributed by atoms with van der Waals surface area (Å²) in [5.74, 6) is 0.651. The van der Waals surface area contributed by atoms with Gasteiger partial charge < -0.3 is 5.73 Å². The number of aryl methyl sites for hydroxylation is 2. The van der Waals surface area contributed by atoms with Crippen molar-refractivity contribution < 1.29 is 0 Å². The van der Waals surface area contributed by atoms with Gasteiger partial charge in [0.1, 0.15) is 5.69 Å². The van der Waals surface area contributed by atoms with E-state index in [1.165, 1.54) is 0 Å². The molecule has 2 aromatic heterocycles. The minimum atomic E-state index is 0.419. The van der Waals surface area contributed by atoms with Gasteiger partial charge in [-0.3, -0.25) is 4.98 Å². The second-order valence-corrected chi connectivity index (χ2v) is 3.70. The number of pyridine rings is 1. The number of nitrogens with two attached hydrogens (primary N) is 1. The van der Waals surface area contributed by atoms with E-state index in [0.717, 1.165) is 22.6 Å². The van der Waals surface area contributed by atoms with E-state index in [0.29, 0.717) is 12.4 Å². The molecule has 0 radical (unpaired) electrons. The molecular weight excluding hydrogens is 200 g/mol. The first kappa shape index (κ1) is 10.7. The minimum Gasteiger partial charge on any atom is -0.325 e. The maximum atomic E-state index is 5.59. The van der Waals surface area contributed by atoms with Gasteiger partial charge in [-0.05, 0) is 31.5 Å². The van der Waals surface area contributed by atoms with Gasteiger partial charge in [0.25, 0.3) is 0 Å². The summed E-state index contributed by atoms with van der Waals surface area (Å²) in [6, 6.07) is 5.79. The molecule has 0 aliphatic rings. The Morgan fingerprint density at radius 3 is 2.75 bits per heavy atom. The highest BCUT2D eigenvalue weighted by atomic mass is 14.9. The fourth-order valence-corrected chi connectivity index (χ4v) is 1.56. The van der Waals surface area contributed by atoms with Crippen molar-refractivity contribution in [2.45, 2.75) is 20.4 Å². The first-order chi connectivity index (χ1) is 7.70. The predicted molar refractivity (Wildman–Crippen MR) is 62.6 cm³/mol. The van der Waals surface area contributed by atoms with Gasteiger partial charge in [-0.2, -0.15) is 0 Å². The third kappa shape index (κ3) is 2.06. The van der Waals surface area contributed by atoms with Crippen LogP contribution >= 0.6 is 0 Å². The van der Waals surface area contributed by atoms with Gasteiger partial charge in [0.2, 0.25) is 0 Å². The highest BCUT2D eigenvalue weighted by molar-refractivity contribution is 5.54. The molecule has 0 saturated heterocycles. The van der Waals surface area contributed by atoms with E-state index in [-0.39, 0.29) is 0 Å². The Balaban J connectivity index is 2.56. The van der Waals surface area contributed by atoms with Crippen molar-refractivity contribution in [2.75, 3.05) is 0 Å². The average molecular weight is 214 g/mol. The van der Waals surface area contributed by atoms with Gasteiger partial charge in [0, 0.05) is 18.4 Å². The van der Waals surface area contributed by atoms with E-state index in [9.17, 15) is 0 Å². The zero-order chi connectivity index (χ0) is 11.5. The molecule has 4 heteroatoms. The maximum absolute atomic E-state index is 5.59. The Bertz CT molecular complexity index is 508. The lowest BCUT2D eigenvalue weighted by molar-refractivity contribution is 0.947. The Morgan fingerprint density at radius 2 is 2.06 bits per heavy atom. The average Bonchev–Trinajstić information content (AvgIpc) is 2.28. The predicted octanol–water partition coefficient (Wildman–Crippen LogP) is 1.61. The SMILES string of the molecule is Cc1cc(CN)nc(-c2ncccc2C)n1. The highest BCUT2D eigenvalue weighted by Gasteiger charge is 2.07. The van der Waals surface area contributed by atoms with Gasteiger partial charge in [-0.25, -0.2) is 9.97 Å². The zero-order valence-electron chi connectivity index (χ0n) is 9.44. The van der Waals surface area contributed by atoms with Crippen LogP contribution in [0.15, 0.2) is 24.4 Å². The maximum Gasteiger partial charge on any atom is 0.178 e. The zero-order valence-corrected chi connectivity index (χ0v) is 9.44. The Labute approximate surface area is 94.6 Å². The van der Waals surface area contributed by atoms with Crippen LogP contribution in [0.4, 0.5) is 0 Å². The summed E-state index contributed by atoms with van der Waals surface area (Å²) < 4.78 is 0. The largest absolute Gasteiger partial charge is 0.325 e. The lowest BCUT2D eigenvalue weighted by atomic mass is 10.2. The molecule has 2 N–H and O–H groups in total. The third-order valence-electron chi connectivity index (χ3n) is 2.34. The summed E-state index contributed by atoms with van der Waals surface area (Å²) in [5.41, 5.74) is 9.23. The smallest absolute Gasteiger partial charge is 0.178 e. The van der Waals surface area contributed by atoms with E-state index in [1.54, 1.807) is 6.20 Å². The van der Waals surface area contributed by atoms with Crippen LogP contribution in [0.1, 0.15) is 17.0 Å². The summed E-state index contributed by atoms with van der Waals surface area (Å²) in [6.45, 7) is 4.35. The van der Waals surface area contributed by atoms with E-state index in [2.05, 4.69) is 15.0 Å². The van der Waals surface area contributed by atoms with Crippen molar-refractivity contribution in [3.63, 3.8) is 0 Å². The van der Waals surface area contributed by atoms with Gasteiger partial charge in [-0.1, -0.05) is 6.07 Å². The quantitative estimate of drug-likeness (QED) is 0.825. The van der Waals surface area contributed by atoms with Gasteiger partial charge in [-0.15, -0.1) is 0 Å². The molecule has 0 atom stereocenters. The van der Waals surface area contributed by atoms with Crippen molar-refractivity contribution in [2.24, 2.45) is 5.73 Å². The molecule has 0 aliphatic heterocycles. The van der Waals surface area contributed by atoms with Crippen LogP contribution in [0.5, 0.6) is 0 Å². The molecule has 2 aromatic rings. The number of aromatic nitrogens is 3. The first-order valence-corrected chi connectivity index (χ1v) is 5.17. The highest BCUT2D eigenvalue weighted by Crippen LogP contribution is 2.16. The number of hydrogen-bond acceptors (Lipinski definition) is 4. The number of hydrogen-bond donors (Lipinski definition) is 1. The normalized spacial score (nSPS) is 10.4. The van der Waals surface area contributed by atoms with E-state index < -0.39 is 0 Å². The van der Waals surface area contributed by atoms with Gasteiger partial charge >= 0.3 is 0 Å². The van der Waals surface area contributed by atoms with Crippen molar-refractivity contribution in [3.8, 4) is 11.5 Å². The second-order valence-electron chi connectivity index (χ2n) is 3.70. The Hall–Kier alpha value is -1.81. The summed E-state index contributed by atoms with van der Waals surface area (Å²) >= 11 is 0. The molecule has 16 heavy (non-hydrogen) atoms. The molecule has 2 heterocycles. The molecule has 0 fully saturated rings. The third-order valence-corrected chi connectivity index (χ3v) is 2.34. The van der Waals surface area contributed by atoms with Gasteiger partial charge in [0.05, 0.1) is 5.69 Å². The van der Waals surface area contributed by atoms with Crippen molar-refractivity contribution in [3.05, 3.63) is 41.3 Å². The monoisotopic (exact) mass is 214 g/mol. The molecule has 82 valence electrons. The van der Waals surface area contributed by atoms with E-state index in [1.807, 2.05) is 32.0 Å². The van der Waals surface area contributed by atoms with Crippen LogP contribution in [-0.2, 0) is 6.54 Å². The fourth-order valence-electron chi connectivity index (χ4n) is 1.56. The standard InChI is InChI=1S/C12H14N4/c1-8-4-3-5-14-11(8)12-15-9(2)6-10(7-13)16-12/h3-6H,7,13H2,1-2H3. The molecule has 0 unspecified atom stereocenters. The van der Waals surface area contributed by atoms with Gasteiger partial charge in [0.15, 0.2) is 5.82 Å². The topological polar surface area (TPSA) is 64.7 Å². The summed E-state index contributed by atoms with van der Waals surface area (Å²) in [7, 11) is 0. The molecule has 0 spiro atoms. The van der Waals surface area contributed by atoms with Crippen LogP contribution in [0, 0.1) is 13.8 Å². The van der Waals surface area contributed by atoms with E-state index >= 15 is 0 Å². The minimum absolute atomic E-state index is 0.419. The first-order valence-electron chi connectivity index (χ1n) is 5.17. The van der Waals surface area contributed by atoms with E-state index in [4.69, 9.17) is 5.73 Å². The fraction of sp³-hybridized carbons (Fsp3) is 0.250. The molecule has 0 amide bonds. The number of rotatable bonds is 2. The van der Waals surface area contributed by atoms with Crippen molar-refractivity contribution >= 4 is 0 Å². The van der Waals surface area contributed by atoms with Crippen LogP contribution in [0.3, 0.4) is 0 Å². The van der Waals surface area contributed by atoms with Crippen LogP contribution < -0.4 is 5.73 Å². The summed E-state index contributed by atoms with van der Waals surface area (Å²) in [4.78, 5) is 13.1. The molecule has 0 bridgehead atoms. The number of nitrogens with zero attached hydrogens (tertiary/aromatic N) is 3.